The molecular formula is C12H16F3N. The summed E-state index contributed by atoms with van der Waals surface area (Å²) in [4.78, 5) is 1.96. The van der Waals surface area contributed by atoms with Gasteiger partial charge >= 0.3 is 6.18 Å². The van der Waals surface area contributed by atoms with Gasteiger partial charge in [0.05, 0.1) is 5.56 Å². The predicted octanol–water partition coefficient (Wildman–Crippen LogP) is 3.37. The average molecular weight is 231 g/mol. The maximum Gasteiger partial charge on any atom is 0.416 e. The molecular weight excluding hydrogens is 215 g/mol. The van der Waals surface area contributed by atoms with E-state index in [9.17, 15) is 13.2 Å². The molecule has 1 aromatic carbocycles. The number of nitrogens with zero attached hydrogens (tertiary/aromatic N) is 1. The number of hydrogen-bond donors (Lipinski definition) is 0. The summed E-state index contributed by atoms with van der Waals surface area (Å²) in [5.74, 6) is 0.0947. The van der Waals surface area contributed by atoms with E-state index in [1.54, 1.807) is 6.07 Å². The van der Waals surface area contributed by atoms with Crippen molar-refractivity contribution in [3.8, 4) is 0 Å². The molecule has 0 aliphatic heterocycles. The largest absolute Gasteiger partial charge is 0.416 e. The molecule has 1 atom stereocenters. The van der Waals surface area contributed by atoms with E-state index in [2.05, 4.69) is 0 Å². The van der Waals surface area contributed by atoms with Crippen LogP contribution in [0, 0.1) is 0 Å². The molecule has 1 aromatic rings. The van der Waals surface area contributed by atoms with E-state index in [0.717, 1.165) is 18.2 Å². The van der Waals surface area contributed by atoms with E-state index in [0.29, 0.717) is 0 Å². The van der Waals surface area contributed by atoms with E-state index >= 15 is 0 Å². The fourth-order valence-electron chi connectivity index (χ4n) is 1.67. The molecule has 16 heavy (non-hydrogen) atoms. The lowest BCUT2D eigenvalue weighted by atomic mass is 9.98. The maximum atomic E-state index is 12.5. The molecule has 0 fully saturated rings. The van der Waals surface area contributed by atoms with Gasteiger partial charge < -0.3 is 4.90 Å². The molecule has 0 N–H and O–H groups in total. The van der Waals surface area contributed by atoms with Crippen LogP contribution in [0.15, 0.2) is 24.3 Å². The lowest BCUT2D eigenvalue weighted by Crippen LogP contribution is -2.18. The molecule has 0 aromatic heterocycles. The lowest BCUT2D eigenvalue weighted by molar-refractivity contribution is -0.137. The first kappa shape index (κ1) is 13.0. The van der Waals surface area contributed by atoms with Gasteiger partial charge in [0.1, 0.15) is 0 Å². The third kappa shape index (κ3) is 3.52. The Morgan fingerprint density at radius 3 is 2.38 bits per heavy atom. The van der Waals surface area contributed by atoms with E-state index in [-0.39, 0.29) is 5.92 Å². The molecule has 0 amide bonds. The predicted molar refractivity (Wildman–Crippen MR) is 58.4 cm³/mol. The molecule has 0 saturated heterocycles. The smallest absolute Gasteiger partial charge is 0.309 e. The Kier molecular flexibility index (Phi) is 3.97. The van der Waals surface area contributed by atoms with Gasteiger partial charge in [0.15, 0.2) is 0 Å². The topological polar surface area (TPSA) is 3.24 Å². The van der Waals surface area contributed by atoms with Crippen molar-refractivity contribution in [3.05, 3.63) is 35.4 Å². The first-order valence-corrected chi connectivity index (χ1v) is 5.12. The van der Waals surface area contributed by atoms with Crippen molar-refractivity contribution >= 4 is 0 Å². The maximum absolute atomic E-state index is 12.5. The Hall–Kier alpha value is -1.03. The summed E-state index contributed by atoms with van der Waals surface area (Å²) < 4.78 is 37.5. The fourth-order valence-corrected chi connectivity index (χ4v) is 1.67. The van der Waals surface area contributed by atoms with Crippen LogP contribution >= 0.6 is 0 Å². The van der Waals surface area contributed by atoms with Crippen LogP contribution in [0.4, 0.5) is 13.2 Å². The van der Waals surface area contributed by atoms with Crippen LogP contribution in [0.2, 0.25) is 0 Å². The van der Waals surface area contributed by atoms with Crippen LogP contribution < -0.4 is 0 Å². The van der Waals surface area contributed by atoms with Crippen molar-refractivity contribution in [1.29, 1.82) is 0 Å². The van der Waals surface area contributed by atoms with Gasteiger partial charge in [-0.05, 0) is 31.6 Å². The Balaban J connectivity index is 2.90. The Labute approximate surface area is 93.9 Å². The number of alkyl halides is 3. The van der Waals surface area contributed by atoms with E-state index < -0.39 is 11.7 Å². The van der Waals surface area contributed by atoms with Crippen LogP contribution in [0.25, 0.3) is 0 Å². The minimum atomic E-state index is -4.26. The quantitative estimate of drug-likeness (QED) is 0.771. The molecule has 0 heterocycles. The van der Waals surface area contributed by atoms with Gasteiger partial charge in [-0.1, -0.05) is 25.1 Å². The van der Waals surface area contributed by atoms with E-state index in [1.165, 1.54) is 12.1 Å². The number of likely N-dealkylation sites (N-methyl/N-ethyl adjacent to an activating group) is 1. The van der Waals surface area contributed by atoms with Crippen molar-refractivity contribution in [3.63, 3.8) is 0 Å². The van der Waals surface area contributed by atoms with Gasteiger partial charge in [-0.15, -0.1) is 0 Å². The molecule has 1 unspecified atom stereocenters. The molecule has 1 rings (SSSR count). The highest BCUT2D eigenvalue weighted by atomic mass is 19.4. The molecule has 0 bridgehead atoms. The first-order valence-electron chi connectivity index (χ1n) is 5.12. The highest BCUT2D eigenvalue weighted by Gasteiger charge is 2.30. The van der Waals surface area contributed by atoms with Crippen molar-refractivity contribution in [2.24, 2.45) is 0 Å². The number of halogens is 3. The van der Waals surface area contributed by atoms with Gasteiger partial charge in [0, 0.05) is 6.54 Å². The molecule has 0 aliphatic carbocycles. The zero-order chi connectivity index (χ0) is 12.3. The number of hydrogen-bond acceptors (Lipinski definition) is 1. The molecule has 4 heteroatoms. The van der Waals surface area contributed by atoms with Crippen molar-refractivity contribution in [1.82, 2.24) is 4.90 Å². The second kappa shape index (κ2) is 4.87. The third-order valence-electron chi connectivity index (χ3n) is 2.42. The second-order valence-electron chi connectivity index (χ2n) is 4.29. The summed E-state index contributed by atoms with van der Waals surface area (Å²) in [6.07, 6.45) is -4.26. The summed E-state index contributed by atoms with van der Waals surface area (Å²) in [7, 11) is 3.81. The van der Waals surface area contributed by atoms with Gasteiger partial charge in [0.2, 0.25) is 0 Å². The van der Waals surface area contributed by atoms with Gasteiger partial charge in [-0.3, -0.25) is 0 Å². The van der Waals surface area contributed by atoms with Crippen LogP contribution in [0.3, 0.4) is 0 Å². The van der Waals surface area contributed by atoms with E-state index in [1.807, 2.05) is 25.9 Å². The Morgan fingerprint density at radius 2 is 1.88 bits per heavy atom. The number of benzene rings is 1. The highest BCUT2D eigenvalue weighted by molar-refractivity contribution is 5.28. The average Bonchev–Trinajstić information content (AvgIpc) is 2.15. The molecule has 90 valence electrons. The summed E-state index contributed by atoms with van der Waals surface area (Å²) >= 11 is 0. The summed E-state index contributed by atoms with van der Waals surface area (Å²) in [5, 5.41) is 0. The lowest BCUT2D eigenvalue weighted by Gasteiger charge is -2.18. The zero-order valence-corrected chi connectivity index (χ0v) is 9.67. The summed E-state index contributed by atoms with van der Waals surface area (Å²) in [5.41, 5.74) is 0.152. The van der Waals surface area contributed by atoms with E-state index in [4.69, 9.17) is 0 Å². The van der Waals surface area contributed by atoms with Gasteiger partial charge in [-0.2, -0.15) is 13.2 Å². The van der Waals surface area contributed by atoms with Gasteiger partial charge in [-0.25, -0.2) is 0 Å². The van der Waals surface area contributed by atoms with Crippen molar-refractivity contribution in [2.75, 3.05) is 20.6 Å². The fraction of sp³-hybridized carbons (Fsp3) is 0.500. The summed E-state index contributed by atoms with van der Waals surface area (Å²) in [6, 6.07) is 5.54. The van der Waals surface area contributed by atoms with Crippen LogP contribution in [-0.4, -0.2) is 25.5 Å². The minimum absolute atomic E-state index is 0.0947. The Bertz CT molecular complexity index is 344. The minimum Gasteiger partial charge on any atom is -0.309 e. The molecule has 0 spiro atoms. The second-order valence-corrected chi connectivity index (χ2v) is 4.29. The Morgan fingerprint density at radius 1 is 1.25 bits per heavy atom. The third-order valence-corrected chi connectivity index (χ3v) is 2.42. The highest BCUT2D eigenvalue weighted by Crippen LogP contribution is 2.31. The van der Waals surface area contributed by atoms with Crippen molar-refractivity contribution < 1.29 is 13.2 Å². The van der Waals surface area contributed by atoms with Crippen molar-refractivity contribution in [2.45, 2.75) is 19.0 Å². The SMILES string of the molecule is CC(CN(C)C)c1cccc(C(F)(F)F)c1. The molecule has 0 aliphatic rings. The molecule has 1 nitrogen and oxygen atoms in total. The first-order chi connectivity index (χ1) is 7.30. The van der Waals surface area contributed by atoms with Crippen LogP contribution in [-0.2, 0) is 6.18 Å². The normalized spacial score (nSPS) is 14.2. The van der Waals surface area contributed by atoms with Crippen LogP contribution in [0.5, 0.6) is 0 Å². The molecule has 0 radical (unpaired) electrons. The van der Waals surface area contributed by atoms with Gasteiger partial charge in [0.25, 0.3) is 0 Å². The monoisotopic (exact) mass is 231 g/mol. The summed E-state index contributed by atoms with van der Waals surface area (Å²) in [6.45, 7) is 2.66. The number of rotatable bonds is 3. The zero-order valence-electron chi connectivity index (χ0n) is 9.67. The molecule has 0 saturated carbocycles. The van der Waals surface area contributed by atoms with Crippen LogP contribution in [0.1, 0.15) is 24.0 Å². The standard InChI is InChI=1S/C12H16F3N/c1-9(8-16(2)3)10-5-4-6-11(7-10)12(13,14)15/h4-7,9H,8H2,1-3H3.